The van der Waals surface area contributed by atoms with E-state index in [1.807, 2.05) is 0 Å². The van der Waals surface area contributed by atoms with E-state index in [1.165, 1.54) is 0 Å². The zero-order valence-corrected chi connectivity index (χ0v) is 9.27. The molecule has 14 heavy (non-hydrogen) atoms. The van der Waals surface area contributed by atoms with E-state index in [0.29, 0.717) is 0 Å². The maximum Gasteiger partial charge on any atom is 0.323 e. The van der Waals surface area contributed by atoms with Crippen LogP contribution in [0.3, 0.4) is 0 Å². The maximum atomic E-state index is 10.6. The van der Waals surface area contributed by atoms with Crippen molar-refractivity contribution in [3.05, 3.63) is 0 Å². The third kappa shape index (κ3) is 10.1. The fourth-order valence-corrected chi connectivity index (χ4v) is 1.15. The first-order chi connectivity index (χ1) is 6.52. The Morgan fingerprint density at radius 3 is 1.50 bits per heavy atom. The Bertz CT molecular complexity index is 271. The van der Waals surface area contributed by atoms with E-state index < -0.39 is 43.8 Å². The number of hydrogen-bond donors (Lipinski definition) is 2. The highest BCUT2D eigenvalue weighted by Crippen LogP contribution is 2.22. The Morgan fingerprint density at radius 1 is 0.857 bits per heavy atom. The summed E-state index contributed by atoms with van der Waals surface area (Å²) in [6.45, 7) is -1.53. The van der Waals surface area contributed by atoms with Gasteiger partial charge in [-0.15, -0.1) is 0 Å². The minimum Gasteiger partial charge on any atom is -0.282 e. The Kier molecular flexibility index (Phi) is 8.27. The van der Waals surface area contributed by atoms with E-state index in [0.717, 1.165) is 0 Å². The fraction of sp³-hybridized carbons (Fsp3) is 1.00. The molecule has 0 aromatic heterocycles. The molecular weight excluding hydrogens is 263 g/mol. The van der Waals surface area contributed by atoms with Gasteiger partial charge in [-0.3, -0.25) is 13.6 Å². The molecule has 0 aromatic carbocycles. The molecule has 0 bridgehead atoms. The molecule has 0 aliphatic heterocycles. The topological polar surface area (TPSA) is 122 Å². The molecular formula is C2H7O9PS2. The molecule has 0 N–H and O–H groups in total. The monoisotopic (exact) mass is 270 g/mol. The van der Waals surface area contributed by atoms with Crippen LogP contribution in [-0.2, 0) is 43.9 Å². The van der Waals surface area contributed by atoms with Crippen LogP contribution in [0.5, 0.6) is 0 Å². The third-order valence-electron chi connectivity index (χ3n) is 0.670. The molecule has 0 spiro atoms. The third-order valence-corrected chi connectivity index (χ3v) is 2.01. The van der Waals surface area contributed by atoms with E-state index in [-0.39, 0.29) is 0 Å². The summed E-state index contributed by atoms with van der Waals surface area (Å²) in [5, 5.41) is 0. The molecule has 0 atom stereocenters. The summed E-state index contributed by atoms with van der Waals surface area (Å²) in [6.07, 6.45) is 0. The highest BCUT2D eigenvalue weighted by molar-refractivity contribution is 7.67. The van der Waals surface area contributed by atoms with Gasteiger partial charge >= 0.3 is 8.25 Å². The lowest BCUT2D eigenvalue weighted by molar-refractivity contribution is 0.0795. The minimum absolute atomic E-state index is 0.764. The van der Waals surface area contributed by atoms with Crippen molar-refractivity contribution in [2.75, 3.05) is 13.6 Å². The lowest BCUT2D eigenvalue weighted by atomic mass is 11.6. The molecule has 0 aliphatic carbocycles. The van der Waals surface area contributed by atoms with Crippen molar-refractivity contribution in [3.8, 4) is 0 Å². The molecule has 86 valence electrons. The quantitative estimate of drug-likeness (QED) is 0.305. The summed E-state index contributed by atoms with van der Waals surface area (Å²) in [6, 6.07) is 0. The summed E-state index contributed by atoms with van der Waals surface area (Å²) < 4.78 is 65.8. The molecule has 0 aromatic rings. The largest absolute Gasteiger partial charge is 0.323 e. The SMILES string of the molecule is O=[PH](OCO[SH](=O)=O)OCO[SH](=O)=O. The second kappa shape index (κ2) is 8.29. The summed E-state index contributed by atoms with van der Waals surface area (Å²) in [5.74, 6) is 0. The van der Waals surface area contributed by atoms with Gasteiger partial charge in [-0.1, -0.05) is 0 Å². The summed E-state index contributed by atoms with van der Waals surface area (Å²) >= 11 is 0. The lowest BCUT2D eigenvalue weighted by Crippen LogP contribution is -1.96. The summed E-state index contributed by atoms with van der Waals surface area (Å²) in [5.41, 5.74) is 0. The molecule has 12 heteroatoms. The molecule has 0 radical (unpaired) electrons. The van der Waals surface area contributed by atoms with Gasteiger partial charge in [-0.05, 0) is 0 Å². The van der Waals surface area contributed by atoms with E-state index in [4.69, 9.17) is 0 Å². The number of hydrogen-bond acceptors (Lipinski definition) is 9. The first-order valence-electron chi connectivity index (χ1n) is 2.86. The van der Waals surface area contributed by atoms with Gasteiger partial charge in [0.15, 0.2) is 13.6 Å². The van der Waals surface area contributed by atoms with Gasteiger partial charge in [-0.25, -0.2) is 25.2 Å². The van der Waals surface area contributed by atoms with Gasteiger partial charge in [-0.2, -0.15) is 0 Å². The predicted octanol–water partition coefficient (Wildman–Crippen LogP) is -1.59. The van der Waals surface area contributed by atoms with Gasteiger partial charge in [0.25, 0.3) is 22.0 Å². The van der Waals surface area contributed by atoms with Crippen LogP contribution in [0, 0.1) is 0 Å². The fourth-order valence-electron chi connectivity index (χ4n) is 0.277. The molecule has 0 aliphatic rings. The Balaban J connectivity index is 3.46. The van der Waals surface area contributed by atoms with E-state index in [2.05, 4.69) is 17.4 Å². The van der Waals surface area contributed by atoms with Gasteiger partial charge in [0, 0.05) is 0 Å². The van der Waals surface area contributed by atoms with Gasteiger partial charge in [0.1, 0.15) is 0 Å². The first-order valence-corrected chi connectivity index (χ1v) is 6.28. The van der Waals surface area contributed by atoms with Crippen molar-refractivity contribution in [3.63, 3.8) is 0 Å². The van der Waals surface area contributed by atoms with Crippen molar-refractivity contribution in [1.29, 1.82) is 0 Å². The molecule has 0 saturated carbocycles. The van der Waals surface area contributed by atoms with Crippen LogP contribution < -0.4 is 0 Å². The van der Waals surface area contributed by atoms with Gasteiger partial charge in [0.05, 0.1) is 0 Å². The van der Waals surface area contributed by atoms with Crippen molar-refractivity contribution in [1.82, 2.24) is 0 Å². The molecule has 0 heterocycles. The molecule has 0 saturated heterocycles. The standard InChI is InChI=1S/C2H7O9PS2/c3-12(8-1-10-13(4)5)9-2-11-14(6)7/h12-14H,1-2H2. The zero-order chi connectivity index (χ0) is 11.0. The molecule has 0 fully saturated rings. The zero-order valence-electron chi connectivity index (χ0n) is 6.48. The number of rotatable bonds is 8. The van der Waals surface area contributed by atoms with Crippen LogP contribution in [0.2, 0.25) is 0 Å². The molecule has 0 rings (SSSR count). The van der Waals surface area contributed by atoms with Crippen molar-refractivity contribution < 1.29 is 38.8 Å². The predicted molar refractivity (Wildman–Crippen MR) is 43.7 cm³/mol. The molecule has 9 nitrogen and oxygen atoms in total. The van der Waals surface area contributed by atoms with Gasteiger partial charge in [0.2, 0.25) is 0 Å². The van der Waals surface area contributed by atoms with Crippen LogP contribution in [-0.4, -0.2) is 30.4 Å². The second-order valence-corrected chi connectivity index (χ2v) is 3.97. The van der Waals surface area contributed by atoms with E-state index in [9.17, 15) is 21.4 Å². The summed E-state index contributed by atoms with van der Waals surface area (Å²) in [4.78, 5) is 0. The van der Waals surface area contributed by atoms with Crippen molar-refractivity contribution in [2.24, 2.45) is 0 Å². The minimum atomic E-state index is -3.09. The maximum absolute atomic E-state index is 10.6. The average molecular weight is 270 g/mol. The van der Waals surface area contributed by atoms with Gasteiger partial charge < -0.3 is 0 Å². The highest BCUT2D eigenvalue weighted by Gasteiger charge is 2.00. The second-order valence-electron chi connectivity index (χ2n) is 1.48. The first kappa shape index (κ1) is 14.0. The smallest absolute Gasteiger partial charge is 0.282 e. The normalized spacial score (nSPS) is 11.6. The van der Waals surface area contributed by atoms with Crippen LogP contribution in [0.25, 0.3) is 0 Å². The average Bonchev–Trinajstić information content (AvgIpc) is 2.02. The summed E-state index contributed by atoms with van der Waals surface area (Å²) in [7, 11) is -9.19. The van der Waals surface area contributed by atoms with Crippen molar-refractivity contribution >= 4 is 30.2 Å². The van der Waals surface area contributed by atoms with Crippen LogP contribution in [0.4, 0.5) is 0 Å². The highest BCUT2D eigenvalue weighted by atomic mass is 32.2. The van der Waals surface area contributed by atoms with E-state index in [1.54, 1.807) is 0 Å². The number of thiol groups is 2. The molecule has 0 unspecified atom stereocenters. The van der Waals surface area contributed by atoms with Crippen LogP contribution >= 0.6 is 8.25 Å². The Hall–Kier alpha value is -0.0300. The van der Waals surface area contributed by atoms with Crippen LogP contribution in [0.15, 0.2) is 0 Å². The Morgan fingerprint density at radius 2 is 1.21 bits per heavy atom. The van der Waals surface area contributed by atoms with Crippen molar-refractivity contribution in [2.45, 2.75) is 0 Å². The van der Waals surface area contributed by atoms with E-state index >= 15 is 0 Å². The van der Waals surface area contributed by atoms with Crippen LogP contribution in [0.1, 0.15) is 0 Å². The molecule has 0 amide bonds. The Labute approximate surface area is 83.2 Å². The lowest BCUT2D eigenvalue weighted by Gasteiger charge is -2.01.